The molecule has 0 unspecified atom stereocenters. The molecule has 5 nitrogen and oxygen atoms in total. The number of pyridine rings is 1. The summed E-state index contributed by atoms with van der Waals surface area (Å²) in [5, 5.41) is 0. The van der Waals surface area contributed by atoms with E-state index in [1.807, 2.05) is 58.0 Å². The highest BCUT2D eigenvalue weighted by Gasteiger charge is 2.35. The lowest BCUT2D eigenvalue weighted by Crippen LogP contribution is -2.55. The lowest BCUT2D eigenvalue weighted by atomic mass is 10.1. The van der Waals surface area contributed by atoms with Crippen LogP contribution in [0.1, 0.15) is 43.9 Å². The van der Waals surface area contributed by atoms with Gasteiger partial charge in [-0.2, -0.15) is 0 Å². The van der Waals surface area contributed by atoms with Crippen LogP contribution in [-0.2, 0) is 4.74 Å². The molecule has 1 aliphatic rings. The van der Waals surface area contributed by atoms with E-state index in [0.717, 1.165) is 17.5 Å². The zero-order chi connectivity index (χ0) is 20.1. The van der Waals surface area contributed by atoms with Crippen LogP contribution in [0.5, 0.6) is 5.75 Å². The van der Waals surface area contributed by atoms with Crippen LogP contribution < -0.4 is 4.74 Å². The second-order valence-corrected chi connectivity index (χ2v) is 7.96. The summed E-state index contributed by atoms with van der Waals surface area (Å²) in [6, 6.07) is 9.95. The molecule has 1 atom stereocenters. The van der Waals surface area contributed by atoms with Crippen molar-refractivity contribution < 1.29 is 14.3 Å². The van der Waals surface area contributed by atoms with E-state index < -0.39 is 5.60 Å². The van der Waals surface area contributed by atoms with Gasteiger partial charge in [0.1, 0.15) is 18.0 Å². The van der Waals surface area contributed by atoms with Crippen LogP contribution in [0.2, 0.25) is 0 Å². The molecule has 5 heteroatoms. The fourth-order valence-corrected chi connectivity index (χ4v) is 2.80. The van der Waals surface area contributed by atoms with Gasteiger partial charge in [-0.1, -0.05) is 24.0 Å². The lowest BCUT2D eigenvalue weighted by molar-refractivity contribution is -0.0141. The summed E-state index contributed by atoms with van der Waals surface area (Å²) in [6.45, 7) is 8.75. The highest BCUT2D eigenvalue weighted by atomic mass is 16.6. The van der Waals surface area contributed by atoms with E-state index in [4.69, 9.17) is 9.47 Å². The van der Waals surface area contributed by atoms with Crippen molar-refractivity contribution in [2.75, 3.05) is 13.2 Å². The van der Waals surface area contributed by atoms with Crippen molar-refractivity contribution in [1.82, 2.24) is 9.88 Å². The van der Waals surface area contributed by atoms with E-state index >= 15 is 0 Å². The number of amides is 1. The Morgan fingerprint density at radius 1 is 1.21 bits per heavy atom. The number of carbonyl (C=O) groups excluding carboxylic acids is 1. The summed E-state index contributed by atoms with van der Waals surface area (Å²) >= 11 is 0. The number of hydrogen-bond donors (Lipinski definition) is 0. The maximum absolute atomic E-state index is 12.2. The van der Waals surface area contributed by atoms with Crippen LogP contribution in [0.3, 0.4) is 0 Å². The Kier molecular flexibility index (Phi) is 5.89. The highest BCUT2D eigenvalue weighted by molar-refractivity contribution is 5.69. The average molecular weight is 378 g/mol. The van der Waals surface area contributed by atoms with Gasteiger partial charge in [-0.25, -0.2) is 4.79 Å². The largest absolute Gasteiger partial charge is 0.490 e. The molecule has 0 bridgehead atoms. The van der Waals surface area contributed by atoms with Crippen LogP contribution in [0.25, 0.3) is 0 Å². The fourth-order valence-electron chi connectivity index (χ4n) is 2.80. The number of aromatic nitrogens is 1. The third-order valence-corrected chi connectivity index (χ3v) is 4.30. The van der Waals surface area contributed by atoms with Gasteiger partial charge in [0.05, 0.1) is 12.2 Å². The molecule has 1 aromatic heterocycles. The molecular weight excluding hydrogens is 352 g/mol. The van der Waals surface area contributed by atoms with Gasteiger partial charge < -0.3 is 14.4 Å². The Morgan fingerprint density at radius 2 is 2.00 bits per heavy atom. The van der Waals surface area contributed by atoms with E-state index in [2.05, 4.69) is 16.8 Å². The third-order valence-electron chi connectivity index (χ3n) is 4.30. The molecule has 0 aliphatic carbocycles. The third kappa shape index (κ3) is 5.50. The van der Waals surface area contributed by atoms with Gasteiger partial charge in [0.2, 0.25) is 0 Å². The number of rotatable bonds is 3. The fraction of sp³-hybridized carbons (Fsp3) is 0.391. The molecule has 0 radical (unpaired) electrons. The number of benzene rings is 1. The molecule has 3 rings (SSSR count). The molecule has 1 amide bonds. The second-order valence-electron chi connectivity index (χ2n) is 7.96. The van der Waals surface area contributed by atoms with Gasteiger partial charge in [-0.3, -0.25) is 4.98 Å². The van der Waals surface area contributed by atoms with Crippen molar-refractivity contribution in [1.29, 1.82) is 0 Å². The molecule has 1 fully saturated rings. The Hall–Kier alpha value is -3.00. The molecule has 0 N–H and O–H groups in total. The predicted octanol–water partition coefficient (Wildman–Crippen LogP) is 4.18. The Bertz CT molecular complexity index is 906. The Morgan fingerprint density at radius 3 is 2.68 bits per heavy atom. The van der Waals surface area contributed by atoms with E-state index in [1.165, 1.54) is 5.56 Å². The van der Waals surface area contributed by atoms with Gasteiger partial charge in [-0.05, 0) is 57.9 Å². The predicted molar refractivity (Wildman–Crippen MR) is 108 cm³/mol. The normalized spacial score (nSPS) is 15.9. The zero-order valence-electron chi connectivity index (χ0n) is 16.9. The quantitative estimate of drug-likeness (QED) is 0.752. The van der Waals surface area contributed by atoms with Gasteiger partial charge in [0, 0.05) is 23.9 Å². The minimum Gasteiger partial charge on any atom is -0.490 e. The van der Waals surface area contributed by atoms with Gasteiger partial charge in [0.15, 0.2) is 0 Å². The number of ether oxygens (including phenoxy) is 2. The topological polar surface area (TPSA) is 51.7 Å². The zero-order valence-corrected chi connectivity index (χ0v) is 16.9. The van der Waals surface area contributed by atoms with Gasteiger partial charge >= 0.3 is 6.09 Å². The molecule has 0 spiro atoms. The van der Waals surface area contributed by atoms with Crippen LogP contribution in [0.4, 0.5) is 4.79 Å². The van der Waals surface area contributed by atoms with Crippen molar-refractivity contribution >= 4 is 6.09 Å². The smallest absolute Gasteiger partial charge is 0.410 e. The monoisotopic (exact) mass is 378 g/mol. The summed E-state index contributed by atoms with van der Waals surface area (Å²) in [5.41, 5.74) is 2.44. The van der Waals surface area contributed by atoms with Crippen LogP contribution >= 0.6 is 0 Å². The number of carbonyl (C=O) groups is 1. The summed E-state index contributed by atoms with van der Waals surface area (Å²) < 4.78 is 11.3. The minimum absolute atomic E-state index is 0.0249. The van der Waals surface area contributed by atoms with Crippen LogP contribution in [-0.4, -0.2) is 40.8 Å². The first-order chi connectivity index (χ1) is 13.3. The van der Waals surface area contributed by atoms with Crippen molar-refractivity contribution in [3.05, 3.63) is 59.4 Å². The molecule has 1 saturated heterocycles. The maximum Gasteiger partial charge on any atom is 0.410 e. The van der Waals surface area contributed by atoms with Crippen LogP contribution in [0.15, 0.2) is 42.7 Å². The van der Waals surface area contributed by atoms with Crippen molar-refractivity contribution in [3.8, 4) is 17.6 Å². The van der Waals surface area contributed by atoms with E-state index in [-0.39, 0.29) is 12.1 Å². The molecule has 1 aromatic carbocycles. The molecule has 2 heterocycles. The van der Waals surface area contributed by atoms with E-state index in [1.54, 1.807) is 17.3 Å². The van der Waals surface area contributed by atoms with Gasteiger partial charge in [0.25, 0.3) is 0 Å². The standard InChI is InChI=1S/C23H26N2O3/c1-17-6-5-7-18(12-17)8-9-19-13-21(15-24-14-19)27-16-20-10-11-25(20)22(26)28-23(2,3)4/h5-7,12-15,20H,10-11,16H2,1-4H3/t20-/m0/s1. The van der Waals surface area contributed by atoms with Gasteiger partial charge in [-0.15, -0.1) is 0 Å². The molecular formula is C23H26N2O3. The highest BCUT2D eigenvalue weighted by Crippen LogP contribution is 2.22. The summed E-state index contributed by atoms with van der Waals surface area (Å²) in [5.74, 6) is 6.91. The van der Waals surface area contributed by atoms with Crippen molar-refractivity contribution in [2.45, 2.75) is 45.8 Å². The van der Waals surface area contributed by atoms with E-state index in [0.29, 0.717) is 18.9 Å². The summed E-state index contributed by atoms with van der Waals surface area (Å²) in [7, 11) is 0. The Labute approximate surface area is 166 Å². The number of aryl methyl sites for hydroxylation is 1. The molecule has 1 aliphatic heterocycles. The molecule has 0 saturated carbocycles. The lowest BCUT2D eigenvalue weighted by Gasteiger charge is -2.40. The molecule has 146 valence electrons. The average Bonchev–Trinajstić information content (AvgIpc) is 2.58. The first kappa shape index (κ1) is 19.8. The number of nitrogens with zero attached hydrogens (tertiary/aromatic N) is 2. The second kappa shape index (κ2) is 8.35. The number of hydrogen-bond acceptors (Lipinski definition) is 4. The van der Waals surface area contributed by atoms with Crippen molar-refractivity contribution in [3.63, 3.8) is 0 Å². The summed E-state index contributed by atoms with van der Waals surface area (Å²) in [4.78, 5) is 18.1. The first-order valence-electron chi connectivity index (χ1n) is 9.46. The number of likely N-dealkylation sites (tertiary alicyclic amines) is 1. The molecule has 2 aromatic rings. The maximum atomic E-state index is 12.2. The Balaban J connectivity index is 1.58. The van der Waals surface area contributed by atoms with E-state index in [9.17, 15) is 4.79 Å². The molecule has 28 heavy (non-hydrogen) atoms. The van der Waals surface area contributed by atoms with Crippen molar-refractivity contribution in [2.24, 2.45) is 0 Å². The summed E-state index contributed by atoms with van der Waals surface area (Å²) in [6.07, 6.45) is 3.99. The SMILES string of the molecule is Cc1cccc(C#Cc2cncc(OC[C@@H]3CCN3C(=O)OC(C)(C)C)c2)c1. The van der Waals surface area contributed by atoms with Crippen LogP contribution in [0, 0.1) is 18.8 Å². The first-order valence-corrected chi connectivity index (χ1v) is 9.46. The minimum atomic E-state index is -0.494.